The molecule has 2 aliphatic heterocycles. The number of anilines is 4. The molecule has 1 aromatic heterocycles. The number of nitrogens with zero attached hydrogens (tertiary/aromatic N) is 5. The Morgan fingerprint density at radius 3 is 2.08 bits per heavy atom. The van der Waals surface area contributed by atoms with Crippen molar-refractivity contribution in [1.29, 1.82) is 0 Å². The Kier molecular flexibility index (Phi) is 16.4. The van der Waals surface area contributed by atoms with E-state index in [1.54, 1.807) is 42.5 Å². The standard InChI is InChI=1S/C49H52ClF3N8O8S4/c1-71(64,65)57-48(63)44-32-54-61(39-14-10-35(50)11-15-39)47(44)34-6-5-7-40(30-34)60-28-26-59(27-29-60)38-16-12-36(13-17-38)56-73(68,69)43-18-19-45(46(31-43)72(66,67)49(51,52)53)55-37(33-70-42-8-3-2-4-9-42)20-23-58-24-21-41(62)22-25-58/h2-19,30-32,37,41,55-56,62H,20-29,33H2,1H3,(H,57,63). The first-order valence-electron chi connectivity index (χ1n) is 23.0. The number of rotatable bonds is 18. The Balaban J connectivity index is 0.957. The number of aliphatic hydroxyl groups excluding tert-OH is 1. The minimum atomic E-state index is -6.04. The van der Waals surface area contributed by atoms with Gasteiger partial charge in [-0.25, -0.2) is 34.7 Å². The van der Waals surface area contributed by atoms with E-state index in [-0.39, 0.29) is 16.9 Å². The predicted octanol–water partition coefficient (Wildman–Crippen LogP) is 7.72. The highest BCUT2D eigenvalue weighted by molar-refractivity contribution is 7.99. The molecule has 6 aromatic rings. The summed E-state index contributed by atoms with van der Waals surface area (Å²) in [5, 5.41) is 17.9. The number of hydrogen-bond acceptors (Lipinski definition) is 14. The molecule has 2 saturated heterocycles. The molecule has 1 amide bonds. The zero-order chi connectivity index (χ0) is 52.1. The molecule has 2 aliphatic rings. The van der Waals surface area contributed by atoms with Gasteiger partial charge in [0.1, 0.15) is 4.90 Å². The second-order valence-electron chi connectivity index (χ2n) is 17.6. The number of carbonyl (C=O) groups is 1. The van der Waals surface area contributed by atoms with Crippen molar-refractivity contribution in [2.75, 3.05) is 77.7 Å². The van der Waals surface area contributed by atoms with Crippen LogP contribution in [0.3, 0.4) is 0 Å². The number of aliphatic hydroxyl groups is 1. The molecule has 0 saturated carbocycles. The van der Waals surface area contributed by atoms with Crippen molar-refractivity contribution in [1.82, 2.24) is 19.4 Å². The quantitative estimate of drug-likeness (QED) is 0.0609. The van der Waals surface area contributed by atoms with Crippen LogP contribution in [0.15, 0.2) is 142 Å². The van der Waals surface area contributed by atoms with E-state index in [1.165, 1.54) is 34.8 Å². The van der Waals surface area contributed by atoms with E-state index < -0.39 is 63.2 Å². The summed E-state index contributed by atoms with van der Waals surface area (Å²) < 4.78 is 127. The summed E-state index contributed by atoms with van der Waals surface area (Å²) in [6.07, 6.45) is 3.39. The third kappa shape index (κ3) is 13.3. The molecular formula is C49H52ClF3N8O8S4. The zero-order valence-corrected chi connectivity index (χ0v) is 43.3. The lowest BCUT2D eigenvalue weighted by molar-refractivity contribution is -0.0436. The number of carbonyl (C=O) groups excluding carboxylic acids is 1. The van der Waals surface area contributed by atoms with Crippen LogP contribution < -0.4 is 24.6 Å². The van der Waals surface area contributed by atoms with Crippen molar-refractivity contribution in [3.8, 4) is 16.9 Å². The molecule has 0 radical (unpaired) electrons. The summed E-state index contributed by atoms with van der Waals surface area (Å²) in [7, 11) is -14.5. The van der Waals surface area contributed by atoms with Gasteiger partial charge >= 0.3 is 5.51 Å². The van der Waals surface area contributed by atoms with Gasteiger partial charge in [0.25, 0.3) is 25.8 Å². The average Bonchev–Trinajstić information content (AvgIpc) is 3.81. The third-order valence-electron chi connectivity index (χ3n) is 12.4. The Hall–Kier alpha value is -5.82. The van der Waals surface area contributed by atoms with Gasteiger partial charge in [-0.1, -0.05) is 41.9 Å². The molecule has 2 fully saturated rings. The predicted molar refractivity (Wildman–Crippen MR) is 279 cm³/mol. The lowest BCUT2D eigenvalue weighted by Gasteiger charge is -2.37. The van der Waals surface area contributed by atoms with E-state index >= 15 is 0 Å². The molecule has 1 atom stereocenters. The molecule has 0 aliphatic carbocycles. The van der Waals surface area contributed by atoms with Crippen LogP contribution in [0, 0.1) is 0 Å². The summed E-state index contributed by atoms with van der Waals surface area (Å²) in [6, 6.07) is 32.1. The van der Waals surface area contributed by atoms with Gasteiger partial charge in [-0.15, -0.1) is 11.8 Å². The largest absolute Gasteiger partial charge is 0.501 e. The molecule has 5 aromatic carbocycles. The molecular weight excluding hydrogens is 1050 g/mol. The minimum Gasteiger partial charge on any atom is -0.393 e. The number of aromatic nitrogens is 2. The minimum absolute atomic E-state index is 0.0404. The number of benzene rings is 5. The number of sulfone groups is 1. The van der Waals surface area contributed by atoms with Gasteiger partial charge in [-0.05, 0) is 110 Å². The van der Waals surface area contributed by atoms with Crippen molar-refractivity contribution >= 4 is 81.9 Å². The van der Waals surface area contributed by atoms with Crippen LogP contribution >= 0.6 is 23.4 Å². The number of hydrogen-bond donors (Lipinski definition) is 4. The lowest BCUT2D eigenvalue weighted by atomic mass is 10.1. The summed E-state index contributed by atoms with van der Waals surface area (Å²) in [5.74, 6) is -0.488. The van der Waals surface area contributed by atoms with Crippen LogP contribution in [0.5, 0.6) is 0 Å². The number of sulfonamides is 2. The average molecular weight is 1100 g/mol. The number of halogens is 4. The first-order chi connectivity index (χ1) is 34.6. The topological polar surface area (TPSA) is 203 Å². The molecule has 24 heteroatoms. The maximum absolute atomic E-state index is 14.3. The van der Waals surface area contributed by atoms with Crippen molar-refractivity contribution in [2.45, 2.75) is 51.6 Å². The second kappa shape index (κ2) is 22.3. The van der Waals surface area contributed by atoms with Gasteiger partial charge in [-0.3, -0.25) is 9.52 Å². The van der Waals surface area contributed by atoms with Crippen LogP contribution in [-0.2, 0) is 29.9 Å². The molecule has 0 spiro atoms. The fourth-order valence-electron chi connectivity index (χ4n) is 8.57. The van der Waals surface area contributed by atoms with Gasteiger partial charge < -0.3 is 25.1 Å². The number of piperidine rings is 1. The highest BCUT2D eigenvalue weighted by Crippen LogP contribution is 2.38. The van der Waals surface area contributed by atoms with Gasteiger partial charge in [0, 0.05) is 90.2 Å². The number of nitrogens with one attached hydrogen (secondary N) is 3. The molecule has 73 heavy (non-hydrogen) atoms. The van der Waals surface area contributed by atoms with E-state index in [9.17, 15) is 48.3 Å². The van der Waals surface area contributed by atoms with Crippen LogP contribution in [0.1, 0.15) is 29.6 Å². The van der Waals surface area contributed by atoms with E-state index in [0.29, 0.717) is 98.9 Å². The van der Waals surface area contributed by atoms with Crippen LogP contribution in [0.2, 0.25) is 5.02 Å². The van der Waals surface area contributed by atoms with Crippen LogP contribution in [-0.4, -0.2) is 126 Å². The normalized spacial score (nSPS) is 15.8. The molecule has 3 heterocycles. The summed E-state index contributed by atoms with van der Waals surface area (Å²) in [4.78, 5) is 18.6. The number of alkyl halides is 3. The zero-order valence-electron chi connectivity index (χ0n) is 39.2. The summed E-state index contributed by atoms with van der Waals surface area (Å²) in [6.45, 7) is 4.01. The van der Waals surface area contributed by atoms with Crippen molar-refractivity contribution in [2.24, 2.45) is 0 Å². The Morgan fingerprint density at radius 1 is 0.795 bits per heavy atom. The molecule has 16 nitrogen and oxygen atoms in total. The maximum Gasteiger partial charge on any atom is 0.501 e. The van der Waals surface area contributed by atoms with Gasteiger partial charge in [0.05, 0.1) is 46.1 Å². The number of amides is 1. The SMILES string of the molecule is CS(=O)(=O)NC(=O)c1cnn(-c2ccc(Cl)cc2)c1-c1cccc(N2CCN(c3ccc(NS(=O)(=O)c4ccc(NC(CCN5CCC(O)CC5)CSc5ccccc5)c(S(=O)(=O)C(F)(F)F)c4)cc3)CC2)c1. The highest BCUT2D eigenvalue weighted by atomic mass is 35.5. The van der Waals surface area contributed by atoms with Gasteiger partial charge in [-0.2, -0.15) is 18.3 Å². The van der Waals surface area contributed by atoms with E-state index in [2.05, 4.69) is 29.8 Å². The fraction of sp³-hybridized carbons (Fsp3) is 0.306. The first-order valence-corrected chi connectivity index (χ1v) is 29.3. The smallest absolute Gasteiger partial charge is 0.393 e. The second-order valence-corrected chi connectivity index (χ2v) is 24.5. The molecule has 4 N–H and O–H groups in total. The molecule has 0 bridgehead atoms. The van der Waals surface area contributed by atoms with E-state index in [1.807, 2.05) is 53.3 Å². The van der Waals surface area contributed by atoms with Crippen molar-refractivity contribution < 1.29 is 48.3 Å². The lowest BCUT2D eigenvalue weighted by Crippen LogP contribution is -2.46. The number of piperazine rings is 1. The molecule has 8 rings (SSSR count). The number of thioether (sulfide) groups is 1. The Morgan fingerprint density at radius 2 is 1.44 bits per heavy atom. The van der Waals surface area contributed by atoms with Crippen molar-refractivity contribution in [3.05, 3.63) is 138 Å². The van der Waals surface area contributed by atoms with Crippen molar-refractivity contribution in [3.63, 3.8) is 0 Å². The third-order valence-corrected chi connectivity index (χ3v) is 17.3. The number of likely N-dealkylation sites (tertiary alicyclic amines) is 1. The van der Waals surface area contributed by atoms with E-state index in [4.69, 9.17) is 11.6 Å². The Bertz CT molecular complexity index is 3250. The van der Waals surface area contributed by atoms with E-state index in [0.717, 1.165) is 34.7 Å². The molecule has 388 valence electrons. The summed E-state index contributed by atoms with van der Waals surface area (Å²) in [5.41, 5.74) is -2.85. The van der Waals surface area contributed by atoms with Crippen LogP contribution in [0.4, 0.5) is 35.9 Å². The summed E-state index contributed by atoms with van der Waals surface area (Å²) >= 11 is 7.57. The first kappa shape index (κ1) is 53.5. The monoisotopic (exact) mass is 1100 g/mol. The van der Waals surface area contributed by atoms with Gasteiger partial charge in [0.15, 0.2) is 0 Å². The molecule has 1 unspecified atom stereocenters. The highest BCUT2D eigenvalue weighted by Gasteiger charge is 2.48. The fourth-order valence-corrected chi connectivity index (χ4v) is 12.2. The maximum atomic E-state index is 14.3. The Labute approximate surface area is 431 Å². The van der Waals surface area contributed by atoms with Crippen LogP contribution in [0.25, 0.3) is 16.9 Å². The van der Waals surface area contributed by atoms with Gasteiger partial charge in [0.2, 0.25) is 10.0 Å².